The van der Waals surface area contributed by atoms with Gasteiger partial charge in [0.25, 0.3) is 5.91 Å². The third kappa shape index (κ3) is 4.17. The van der Waals surface area contributed by atoms with Gasteiger partial charge in [-0.15, -0.1) is 11.8 Å². The molecule has 0 saturated carbocycles. The molecule has 0 radical (unpaired) electrons. The zero-order chi connectivity index (χ0) is 16.8. The Balaban J connectivity index is 1.56. The number of thioether (sulfide) groups is 1. The Kier molecular flexibility index (Phi) is 5.54. The standard InChI is InChI=1S/C19H21N3OS/c1-24-18-10-4-15(5-11-18)14-20-21-19(23)16-6-8-17(9-7-16)22-12-2-3-13-22/h4-11,14H,2-3,12-13H2,1H3,(H,21,23)/b20-14-. The molecule has 0 bridgehead atoms. The van der Waals surface area contributed by atoms with Gasteiger partial charge in [0.15, 0.2) is 0 Å². The largest absolute Gasteiger partial charge is 0.372 e. The Morgan fingerprint density at radius 2 is 1.75 bits per heavy atom. The molecule has 0 aromatic heterocycles. The summed E-state index contributed by atoms with van der Waals surface area (Å²) in [7, 11) is 0. The van der Waals surface area contributed by atoms with Crippen molar-refractivity contribution in [3.05, 3.63) is 59.7 Å². The van der Waals surface area contributed by atoms with Gasteiger partial charge in [-0.25, -0.2) is 5.43 Å². The van der Waals surface area contributed by atoms with Crippen LogP contribution in [0.4, 0.5) is 5.69 Å². The first kappa shape index (κ1) is 16.6. The number of hydrogen-bond donors (Lipinski definition) is 1. The van der Waals surface area contributed by atoms with Crippen molar-refractivity contribution in [1.82, 2.24) is 5.43 Å². The normalized spacial score (nSPS) is 14.3. The molecule has 2 aromatic rings. The maximum atomic E-state index is 12.1. The van der Waals surface area contributed by atoms with Crippen molar-refractivity contribution in [2.75, 3.05) is 24.2 Å². The van der Waals surface area contributed by atoms with E-state index >= 15 is 0 Å². The summed E-state index contributed by atoms with van der Waals surface area (Å²) in [5, 5.41) is 4.03. The van der Waals surface area contributed by atoms with Crippen LogP contribution in [0.5, 0.6) is 0 Å². The number of carbonyl (C=O) groups excluding carboxylic acids is 1. The Hall–Kier alpha value is -2.27. The highest BCUT2D eigenvalue weighted by Crippen LogP contribution is 2.20. The van der Waals surface area contributed by atoms with Gasteiger partial charge < -0.3 is 4.90 Å². The van der Waals surface area contributed by atoms with E-state index in [9.17, 15) is 4.79 Å². The van der Waals surface area contributed by atoms with Gasteiger partial charge >= 0.3 is 0 Å². The van der Waals surface area contributed by atoms with Gasteiger partial charge in [0.2, 0.25) is 0 Å². The highest BCUT2D eigenvalue weighted by Gasteiger charge is 2.12. The van der Waals surface area contributed by atoms with E-state index in [0.717, 1.165) is 18.7 Å². The molecule has 0 spiro atoms. The average molecular weight is 339 g/mol. The van der Waals surface area contributed by atoms with Crippen LogP contribution in [0.15, 0.2) is 58.5 Å². The first-order valence-electron chi connectivity index (χ1n) is 8.09. The quantitative estimate of drug-likeness (QED) is 0.512. The molecule has 1 aliphatic rings. The van der Waals surface area contributed by atoms with Crippen LogP contribution in [0.2, 0.25) is 0 Å². The van der Waals surface area contributed by atoms with E-state index in [1.165, 1.54) is 23.4 Å². The lowest BCUT2D eigenvalue weighted by atomic mass is 10.2. The summed E-state index contributed by atoms with van der Waals surface area (Å²) in [4.78, 5) is 15.7. The zero-order valence-corrected chi connectivity index (χ0v) is 14.6. The minimum Gasteiger partial charge on any atom is -0.372 e. The molecule has 1 N–H and O–H groups in total. The van der Waals surface area contributed by atoms with Gasteiger partial charge in [-0.1, -0.05) is 12.1 Å². The molecule has 4 nitrogen and oxygen atoms in total. The molecule has 1 amide bonds. The van der Waals surface area contributed by atoms with Crippen LogP contribution in [0.25, 0.3) is 0 Å². The SMILES string of the molecule is CSc1ccc(/C=N\NC(=O)c2ccc(N3CCCC3)cc2)cc1. The summed E-state index contributed by atoms with van der Waals surface area (Å²) >= 11 is 1.70. The van der Waals surface area contributed by atoms with E-state index in [1.807, 2.05) is 54.8 Å². The van der Waals surface area contributed by atoms with Crippen LogP contribution in [0, 0.1) is 0 Å². The number of nitrogens with zero attached hydrogens (tertiary/aromatic N) is 2. The van der Waals surface area contributed by atoms with Crippen LogP contribution in [-0.4, -0.2) is 31.5 Å². The smallest absolute Gasteiger partial charge is 0.271 e. The van der Waals surface area contributed by atoms with E-state index in [4.69, 9.17) is 0 Å². The van der Waals surface area contributed by atoms with E-state index in [0.29, 0.717) is 5.56 Å². The minimum absolute atomic E-state index is 0.194. The second-order valence-electron chi connectivity index (χ2n) is 5.71. The lowest BCUT2D eigenvalue weighted by Gasteiger charge is -2.17. The van der Waals surface area contributed by atoms with Crippen molar-refractivity contribution in [2.24, 2.45) is 5.10 Å². The monoisotopic (exact) mass is 339 g/mol. The van der Waals surface area contributed by atoms with Crippen LogP contribution in [-0.2, 0) is 0 Å². The predicted octanol–water partition coefficient (Wildman–Crippen LogP) is 3.77. The first-order chi connectivity index (χ1) is 11.8. The molecule has 3 rings (SSSR count). The van der Waals surface area contributed by atoms with E-state index in [-0.39, 0.29) is 5.91 Å². The van der Waals surface area contributed by atoms with Crippen LogP contribution >= 0.6 is 11.8 Å². The second-order valence-corrected chi connectivity index (χ2v) is 6.59. The van der Waals surface area contributed by atoms with Crippen molar-refractivity contribution in [2.45, 2.75) is 17.7 Å². The fourth-order valence-electron chi connectivity index (χ4n) is 2.72. The number of rotatable bonds is 5. The van der Waals surface area contributed by atoms with E-state index < -0.39 is 0 Å². The van der Waals surface area contributed by atoms with Gasteiger partial charge in [0, 0.05) is 29.2 Å². The van der Waals surface area contributed by atoms with Gasteiger partial charge in [0.05, 0.1) is 6.21 Å². The summed E-state index contributed by atoms with van der Waals surface area (Å²) in [6.45, 7) is 2.20. The summed E-state index contributed by atoms with van der Waals surface area (Å²) in [6.07, 6.45) is 6.18. The van der Waals surface area contributed by atoms with Gasteiger partial charge in [-0.3, -0.25) is 4.79 Å². The molecular weight excluding hydrogens is 318 g/mol. The van der Waals surface area contributed by atoms with Crippen molar-refractivity contribution in [3.63, 3.8) is 0 Å². The van der Waals surface area contributed by atoms with E-state index in [1.54, 1.807) is 18.0 Å². The lowest BCUT2D eigenvalue weighted by Crippen LogP contribution is -2.19. The third-order valence-electron chi connectivity index (χ3n) is 4.10. The number of hydrogen-bond acceptors (Lipinski definition) is 4. The number of benzene rings is 2. The second kappa shape index (κ2) is 8.02. The molecule has 1 fully saturated rings. The molecule has 0 atom stereocenters. The fourth-order valence-corrected chi connectivity index (χ4v) is 3.13. The van der Waals surface area contributed by atoms with Crippen LogP contribution < -0.4 is 10.3 Å². The number of hydrazone groups is 1. The first-order valence-corrected chi connectivity index (χ1v) is 9.31. The summed E-state index contributed by atoms with van der Waals surface area (Å²) in [6, 6.07) is 15.7. The molecule has 124 valence electrons. The highest BCUT2D eigenvalue weighted by atomic mass is 32.2. The average Bonchev–Trinajstić information content (AvgIpc) is 3.17. The summed E-state index contributed by atoms with van der Waals surface area (Å²) < 4.78 is 0. The number of anilines is 1. The maximum absolute atomic E-state index is 12.1. The maximum Gasteiger partial charge on any atom is 0.271 e. The molecule has 1 aliphatic heterocycles. The van der Waals surface area contributed by atoms with Crippen molar-refractivity contribution >= 4 is 29.6 Å². The molecule has 24 heavy (non-hydrogen) atoms. The Labute approximate surface area is 146 Å². The number of carbonyl (C=O) groups is 1. The molecular formula is C19H21N3OS. The van der Waals surface area contributed by atoms with Crippen molar-refractivity contribution in [1.29, 1.82) is 0 Å². The molecule has 0 aliphatic carbocycles. The lowest BCUT2D eigenvalue weighted by molar-refractivity contribution is 0.0955. The highest BCUT2D eigenvalue weighted by molar-refractivity contribution is 7.98. The Bertz CT molecular complexity index is 704. The molecule has 1 heterocycles. The fraction of sp³-hybridized carbons (Fsp3) is 0.263. The van der Waals surface area contributed by atoms with E-state index in [2.05, 4.69) is 15.4 Å². The minimum atomic E-state index is -0.194. The van der Waals surface area contributed by atoms with Crippen molar-refractivity contribution < 1.29 is 4.79 Å². The van der Waals surface area contributed by atoms with Gasteiger partial charge in [-0.2, -0.15) is 5.10 Å². The molecule has 2 aromatic carbocycles. The Morgan fingerprint density at radius 3 is 2.38 bits per heavy atom. The zero-order valence-electron chi connectivity index (χ0n) is 13.7. The predicted molar refractivity (Wildman–Crippen MR) is 101 cm³/mol. The summed E-state index contributed by atoms with van der Waals surface area (Å²) in [5.74, 6) is -0.194. The Morgan fingerprint density at radius 1 is 1.08 bits per heavy atom. The van der Waals surface area contributed by atoms with Crippen LogP contribution in [0.1, 0.15) is 28.8 Å². The van der Waals surface area contributed by atoms with Gasteiger partial charge in [-0.05, 0) is 61.1 Å². The topological polar surface area (TPSA) is 44.7 Å². The molecule has 1 saturated heterocycles. The van der Waals surface area contributed by atoms with Crippen LogP contribution in [0.3, 0.4) is 0 Å². The summed E-state index contributed by atoms with van der Waals surface area (Å²) in [5.41, 5.74) is 5.33. The third-order valence-corrected chi connectivity index (χ3v) is 4.84. The number of amides is 1. The molecule has 5 heteroatoms. The number of nitrogens with one attached hydrogen (secondary N) is 1. The van der Waals surface area contributed by atoms with Crippen molar-refractivity contribution in [3.8, 4) is 0 Å². The molecule has 0 unspecified atom stereocenters. The van der Waals surface area contributed by atoms with Gasteiger partial charge in [0.1, 0.15) is 0 Å².